The summed E-state index contributed by atoms with van der Waals surface area (Å²) in [4.78, 5) is 13.4. The smallest absolute Gasteiger partial charge is 0.222 e. The summed E-state index contributed by atoms with van der Waals surface area (Å²) >= 11 is 0. The van der Waals surface area contributed by atoms with Gasteiger partial charge < -0.3 is 15.7 Å². The highest BCUT2D eigenvalue weighted by atomic mass is 16.3. The largest absolute Gasteiger partial charge is 0.389 e. The van der Waals surface area contributed by atoms with Crippen LogP contribution in [-0.2, 0) is 4.79 Å². The predicted molar refractivity (Wildman–Crippen MR) is 75.9 cm³/mol. The van der Waals surface area contributed by atoms with Gasteiger partial charge in [-0.25, -0.2) is 0 Å². The van der Waals surface area contributed by atoms with Gasteiger partial charge in [-0.15, -0.1) is 0 Å². The molecule has 0 spiro atoms. The molecule has 1 fully saturated rings. The topological polar surface area (TPSA) is 90.3 Å². The average Bonchev–Trinajstić information content (AvgIpc) is 2.46. The Morgan fingerprint density at radius 3 is 2.95 bits per heavy atom. The van der Waals surface area contributed by atoms with Gasteiger partial charge >= 0.3 is 0 Å². The first-order valence-corrected chi connectivity index (χ1v) is 6.79. The van der Waals surface area contributed by atoms with Crippen molar-refractivity contribution < 1.29 is 9.90 Å². The standard InChI is InChI=1S/C15H19N3O2/c1-10(19)13-5-4-11(8-16)7-14(13)18-6-2-3-12(9-18)15(17)20/h4-5,7,10,12,19H,2-3,6,9H2,1H3,(H2,17,20)/t10-,12?/m0/s1. The third-order valence-electron chi connectivity index (χ3n) is 3.77. The molecule has 1 aliphatic heterocycles. The average molecular weight is 273 g/mol. The minimum Gasteiger partial charge on any atom is -0.389 e. The number of nitriles is 1. The highest BCUT2D eigenvalue weighted by Crippen LogP contribution is 2.31. The van der Waals surface area contributed by atoms with Crippen molar-refractivity contribution >= 4 is 11.6 Å². The predicted octanol–water partition coefficient (Wildman–Crippen LogP) is 1.31. The number of hydrogen-bond acceptors (Lipinski definition) is 4. The molecule has 1 unspecified atom stereocenters. The van der Waals surface area contributed by atoms with Gasteiger partial charge in [0.1, 0.15) is 0 Å². The van der Waals surface area contributed by atoms with E-state index in [0.717, 1.165) is 30.6 Å². The first-order chi connectivity index (χ1) is 9.52. The zero-order valence-corrected chi connectivity index (χ0v) is 11.5. The van der Waals surface area contributed by atoms with E-state index < -0.39 is 6.10 Å². The lowest BCUT2D eigenvalue weighted by molar-refractivity contribution is -0.122. The molecule has 1 aliphatic rings. The van der Waals surface area contributed by atoms with Gasteiger partial charge in [-0.05, 0) is 31.9 Å². The van der Waals surface area contributed by atoms with Gasteiger partial charge in [-0.3, -0.25) is 4.79 Å². The molecule has 2 rings (SSSR count). The molecule has 2 atom stereocenters. The number of primary amides is 1. The Bertz CT molecular complexity index is 549. The van der Waals surface area contributed by atoms with Gasteiger partial charge in [0.2, 0.25) is 5.91 Å². The number of carbonyl (C=O) groups is 1. The monoisotopic (exact) mass is 273 g/mol. The minimum atomic E-state index is -0.619. The van der Waals surface area contributed by atoms with Gasteiger partial charge in [0.15, 0.2) is 0 Å². The Hall–Kier alpha value is -2.06. The number of benzene rings is 1. The number of aliphatic hydroxyl groups is 1. The Labute approximate surface area is 118 Å². The lowest BCUT2D eigenvalue weighted by atomic mass is 9.95. The molecular weight excluding hydrogens is 254 g/mol. The number of piperidine rings is 1. The third-order valence-corrected chi connectivity index (χ3v) is 3.77. The number of anilines is 1. The molecule has 1 amide bonds. The number of nitrogens with two attached hydrogens (primary N) is 1. The summed E-state index contributed by atoms with van der Waals surface area (Å²) in [6.45, 7) is 3.04. The van der Waals surface area contributed by atoms with Crippen molar-refractivity contribution in [3.8, 4) is 6.07 Å². The molecule has 3 N–H and O–H groups in total. The fraction of sp³-hybridized carbons (Fsp3) is 0.467. The normalized spacial score (nSPS) is 20.2. The van der Waals surface area contributed by atoms with Crippen molar-refractivity contribution in [1.82, 2.24) is 0 Å². The third kappa shape index (κ3) is 2.91. The minimum absolute atomic E-state index is 0.170. The summed E-state index contributed by atoms with van der Waals surface area (Å²) in [7, 11) is 0. The van der Waals surface area contributed by atoms with Gasteiger partial charge in [-0.1, -0.05) is 6.07 Å². The van der Waals surface area contributed by atoms with Crippen LogP contribution in [0.1, 0.15) is 37.0 Å². The zero-order valence-electron chi connectivity index (χ0n) is 11.5. The second-order valence-electron chi connectivity index (χ2n) is 5.25. The molecule has 106 valence electrons. The van der Waals surface area contributed by atoms with E-state index in [0.29, 0.717) is 12.1 Å². The van der Waals surface area contributed by atoms with E-state index in [9.17, 15) is 9.90 Å². The summed E-state index contributed by atoms with van der Waals surface area (Å²) in [5, 5.41) is 18.9. The SMILES string of the molecule is C[C@H](O)c1ccc(C#N)cc1N1CCCC(C(N)=O)C1. The van der Waals surface area contributed by atoms with Gasteiger partial charge in [0.25, 0.3) is 0 Å². The van der Waals surface area contributed by atoms with Crippen molar-refractivity contribution in [1.29, 1.82) is 5.26 Å². The van der Waals surface area contributed by atoms with Gasteiger partial charge in [0.05, 0.1) is 23.7 Å². The molecule has 0 bridgehead atoms. The number of amides is 1. The molecule has 0 aromatic heterocycles. The molecule has 1 aromatic rings. The van der Waals surface area contributed by atoms with E-state index in [2.05, 4.69) is 6.07 Å². The molecule has 0 aliphatic carbocycles. The van der Waals surface area contributed by atoms with Crippen molar-refractivity contribution in [3.05, 3.63) is 29.3 Å². The maximum atomic E-state index is 11.4. The highest BCUT2D eigenvalue weighted by molar-refractivity contribution is 5.77. The van der Waals surface area contributed by atoms with E-state index in [-0.39, 0.29) is 11.8 Å². The van der Waals surface area contributed by atoms with Crippen LogP contribution in [0.25, 0.3) is 0 Å². The molecule has 20 heavy (non-hydrogen) atoms. The number of carbonyl (C=O) groups excluding carboxylic acids is 1. The Morgan fingerprint density at radius 1 is 1.60 bits per heavy atom. The Morgan fingerprint density at radius 2 is 2.35 bits per heavy atom. The molecule has 0 saturated carbocycles. The summed E-state index contributed by atoms with van der Waals surface area (Å²) in [5.41, 5.74) is 7.54. The van der Waals surface area contributed by atoms with E-state index >= 15 is 0 Å². The number of rotatable bonds is 3. The first kappa shape index (κ1) is 14.4. The van der Waals surface area contributed by atoms with Crippen LogP contribution in [0.2, 0.25) is 0 Å². The summed E-state index contributed by atoms with van der Waals surface area (Å²) in [6.07, 6.45) is 1.06. The second kappa shape index (κ2) is 5.93. The molecule has 1 aromatic carbocycles. The van der Waals surface area contributed by atoms with Crippen molar-refractivity contribution in [2.45, 2.75) is 25.9 Å². The summed E-state index contributed by atoms with van der Waals surface area (Å²) in [6, 6.07) is 7.34. The van der Waals surface area contributed by atoms with Crippen LogP contribution in [0, 0.1) is 17.2 Å². The van der Waals surface area contributed by atoms with Crippen molar-refractivity contribution in [2.24, 2.45) is 11.7 Å². The molecule has 5 nitrogen and oxygen atoms in total. The number of aliphatic hydroxyl groups excluding tert-OH is 1. The Kier molecular flexibility index (Phi) is 4.26. The van der Waals surface area contributed by atoms with Gasteiger partial charge in [-0.2, -0.15) is 5.26 Å². The Balaban J connectivity index is 2.35. The first-order valence-electron chi connectivity index (χ1n) is 6.79. The van der Waals surface area contributed by atoms with Crippen molar-refractivity contribution in [3.63, 3.8) is 0 Å². The van der Waals surface area contributed by atoms with Crippen LogP contribution in [0.4, 0.5) is 5.69 Å². The lowest BCUT2D eigenvalue weighted by Crippen LogP contribution is -2.41. The fourth-order valence-corrected chi connectivity index (χ4v) is 2.67. The van der Waals surface area contributed by atoms with Crippen LogP contribution in [-0.4, -0.2) is 24.1 Å². The maximum Gasteiger partial charge on any atom is 0.222 e. The number of nitrogens with zero attached hydrogens (tertiary/aromatic N) is 2. The summed E-state index contributed by atoms with van der Waals surface area (Å²) < 4.78 is 0. The molecule has 0 radical (unpaired) electrons. The maximum absolute atomic E-state index is 11.4. The quantitative estimate of drug-likeness (QED) is 0.868. The molecular formula is C15H19N3O2. The fourth-order valence-electron chi connectivity index (χ4n) is 2.67. The summed E-state index contributed by atoms with van der Waals surface area (Å²) in [5.74, 6) is -0.457. The van der Waals surface area contributed by atoms with Crippen LogP contribution in [0.3, 0.4) is 0 Å². The van der Waals surface area contributed by atoms with E-state index in [4.69, 9.17) is 11.0 Å². The zero-order chi connectivity index (χ0) is 14.7. The van der Waals surface area contributed by atoms with E-state index in [1.165, 1.54) is 0 Å². The van der Waals surface area contributed by atoms with E-state index in [1.54, 1.807) is 25.1 Å². The highest BCUT2D eigenvalue weighted by Gasteiger charge is 2.26. The van der Waals surface area contributed by atoms with Gasteiger partial charge in [0, 0.05) is 24.3 Å². The van der Waals surface area contributed by atoms with Crippen LogP contribution in [0.5, 0.6) is 0 Å². The van der Waals surface area contributed by atoms with Crippen LogP contribution in [0.15, 0.2) is 18.2 Å². The van der Waals surface area contributed by atoms with Crippen LogP contribution < -0.4 is 10.6 Å². The second-order valence-corrected chi connectivity index (χ2v) is 5.25. The molecule has 1 heterocycles. The molecule has 5 heteroatoms. The molecule has 1 saturated heterocycles. The van der Waals surface area contributed by atoms with Crippen molar-refractivity contribution in [2.75, 3.05) is 18.0 Å². The number of hydrogen-bond donors (Lipinski definition) is 2. The van der Waals surface area contributed by atoms with E-state index in [1.807, 2.05) is 4.90 Å². The lowest BCUT2D eigenvalue weighted by Gasteiger charge is -2.34. The van der Waals surface area contributed by atoms with Crippen LogP contribution >= 0.6 is 0 Å².